The third-order valence-corrected chi connectivity index (χ3v) is 6.86. The van der Waals surface area contributed by atoms with E-state index in [0.717, 1.165) is 18.5 Å². The predicted octanol–water partition coefficient (Wildman–Crippen LogP) is 3.44. The van der Waals surface area contributed by atoms with Crippen LogP contribution in [0.1, 0.15) is 30.4 Å². The van der Waals surface area contributed by atoms with Gasteiger partial charge in [0.05, 0.1) is 10.6 Å². The van der Waals surface area contributed by atoms with Gasteiger partial charge < -0.3 is 10.2 Å². The van der Waals surface area contributed by atoms with E-state index >= 15 is 0 Å². The highest BCUT2D eigenvalue weighted by Crippen LogP contribution is 2.15. The molecule has 0 spiro atoms. The standard InChI is InChI=1S/C22H28N2O3S/c1-18-4-10-21(11-5-18)28(26,27)17-13-22(25)23-20-8-6-19(7-9-20)12-16-24-14-2-3-15-24/h4-11H,2-3,12-17H2,1H3,(H,23,25). The lowest BCUT2D eigenvalue weighted by atomic mass is 10.1. The van der Waals surface area contributed by atoms with E-state index in [1.165, 1.54) is 31.5 Å². The van der Waals surface area contributed by atoms with E-state index in [0.29, 0.717) is 5.69 Å². The van der Waals surface area contributed by atoms with Crippen LogP contribution in [0, 0.1) is 6.92 Å². The van der Waals surface area contributed by atoms with Crippen molar-refractivity contribution in [3.05, 3.63) is 59.7 Å². The molecule has 1 saturated heterocycles. The molecule has 0 aliphatic carbocycles. The van der Waals surface area contributed by atoms with Crippen molar-refractivity contribution >= 4 is 21.4 Å². The Morgan fingerprint density at radius 2 is 1.64 bits per heavy atom. The molecule has 0 radical (unpaired) electrons. The van der Waals surface area contributed by atoms with Gasteiger partial charge in [-0.05, 0) is 69.1 Å². The number of nitrogens with zero attached hydrogens (tertiary/aromatic N) is 1. The first kappa shape index (κ1) is 20.6. The topological polar surface area (TPSA) is 66.5 Å². The predicted molar refractivity (Wildman–Crippen MR) is 112 cm³/mol. The van der Waals surface area contributed by atoms with Crippen LogP contribution in [0.4, 0.5) is 5.69 Å². The monoisotopic (exact) mass is 400 g/mol. The van der Waals surface area contributed by atoms with Crippen molar-refractivity contribution in [2.45, 2.75) is 37.5 Å². The van der Waals surface area contributed by atoms with Crippen LogP contribution in [0.25, 0.3) is 0 Å². The van der Waals surface area contributed by atoms with E-state index in [1.807, 2.05) is 31.2 Å². The number of benzene rings is 2. The number of hydrogen-bond acceptors (Lipinski definition) is 4. The van der Waals surface area contributed by atoms with E-state index in [2.05, 4.69) is 10.2 Å². The molecule has 1 amide bonds. The summed E-state index contributed by atoms with van der Waals surface area (Å²) in [6, 6.07) is 14.5. The molecule has 150 valence electrons. The average molecular weight is 401 g/mol. The number of sulfone groups is 1. The van der Waals surface area contributed by atoms with Crippen LogP contribution < -0.4 is 5.32 Å². The van der Waals surface area contributed by atoms with E-state index in [-0.39, 0.29) is 23.0 Å². The molecular weight excluding hydrogens is 372 g/mol. The van der Waals surface area contributed by atoms with Crippen molar-refractivity contribution in [2.75, 3.05) is 30.7 Å². The highest BCUT2D eigenvalue weighted by Gasteiger charge is 2.16. The van der Waals surface area contributed by atoms with Gasteiger partial charge in [0.25, 0.3) is 0 Å². The Bertz CT molecular complexity index is 884. The summed E-state index contributed by atoms with van der Waals surface area (Å²) in [7, 11) is -3.45. The minimum absolute atomic E-state index is 0.0626. The van der Waals surface area contributed by atoms with Crippen molar-refractivity contribution < 1.29 is 13.2 Å². The van der Waals surface area contributed by atoms with Crippen LogP contribution in [0.3, 0.4) is 0 Å². The normalized spacial score (nSPS) is 14.9. The van der Waals surface area contributed by atoms with Crippen LogP contribution >= 0.6 is 0 Å². The number of carbonyl (C=O) groups excluding carboxylic acids is 1. The summed E-state index contributed by atoms with van der Waals surface area (Å²) in [5, 5.41) is 2.79. The Hall–Kier alpha value is -2.18. The van der Waals surface area contributed by atoms with E-state index in [9.17, 15) is 13.2 Å². The zero-order chi connectivity index (χ0) is 20.0. The number of amides is 1. The maximum absolute atomic E-state index is 12.3. The largest absolute Gasteiger partial charge is 0.326 e. The molecule has 1 aliphatic rings. The van der Waals surface area contributed by atoms with Gasteiger partial charge in [0.1, 0.15) is 0 Å². The first-order valence-corrected chi connectivity index (χ1v) is 11.5. The fourth-order valence-electron chi connectivity index (χ4n) is 3.36. The van der Waals surface area contributed by atoms with Gasteiger partial charge in [0, 0.05) is 18.7 Å². The van der Waals surface area contributed by atoms with Crippen LogP contribution in [0.15, 0.2) is 53.4 Å². The van der Waals surface area contributed by atoms with Gasteiger partial charge in [0.15, 0.2) is 9.84 Å². The summed E-state index contributed by atoms with van der Waals surface area (Å²) in [6.45, 7) is 5.36. The van der Waals surface area contributed by atoms with Crippen LogP contribution in [-0.2, 0) is 21.1 Å². The number of rotatable bonds is 8. The van der Waals surface area contributed by atoms with Crippen molar-refractivity contribution in [3.8, 4) is 0 Å². The van der Waals surface area contributed by atoms with E-state index in [4.69, 9.17) is 0 Å². The van der Waals surface area contributed by atoms with Gasteiger partial charge in [-0.25, -0.2) is 8.42 Å². The third kappa shape index (κ3) is 5.91. The quantitative estimate of drug-likeness (QED) is 0.737. The number of anilines is 1. The molecule has 2 aromatic rings. The van der Waals surface area contributed by atoms with Gasteiger partial charge in [-0.3, -0.25) is 4.79 Å². The van der Waals surface area contributed by atoms with Gasteiger partial charge >= 0.3 is 0 Å². The first-order valence-electron chi connectivity index (χ1n) is 9.83. The van der Waals surface area contributed by atoms with Crippen molar-refractivity contribution in [2.24, 2.45) is 0 Å². The van der Waals surface area contributed by atoms with Crippen LogP contribution in [-0.4, -0.2) is 44.6 Å². The summed E-state index contributed by atoms with van der Waals surface area (Å²) in [5.41, 5.74) is 2.94. The third-order valence-electron chi connectivity index (χ3n) is 5.13. The smallest absolute Gasteiger partial charge is 0.225 e. The fraction of sp³-hybridized carbons (Fsp3) is 0.409. The van der Waals surface area contributed by atoms with Crippen molar-refractivity contribution in [1.29, 1.82) is 0 Å². The summed E-state index contributed by atoms with van der Waals surface area (Å²) >= 11 is 0. The number of nitrogens with one attached hydrogen (secondary N) is 1. The van der Waals surface area contributed by atoms with Gasteiger partial charge in [-0.15, -0.1) is 0 Å². The molecule has 0 aromatic heterocycles. The average Bonchev–Trinajstić information content (AvgIpc) is 3.20. The van der Waals surface area contributed by atoms with Crippen molar-refractivity contribution in [1.82, 2.24) is 4.90 Å². The lowest BCUT2D eigenvalue weighted by Crippen LogP contribution is -2.21. The Labute approximate surface area is 167 Å². The minimum Gasteiger partial charge on any atom is -0.326 e. The maximum atomic E-state index is 12.3. The number of aryl methyl sites for hydroxylation is 1. The molecule has 1 fully saturated rings. The molecule has 0 atom stereocenters. The fourth-order valence-corrected chi connectivity index (χ4v) is 4.60. The van der Waals surface area contributed by atoms with Gasteiger partial charge in [-0.2, -0.15) is 0 Å². The molecule has 6 heteroatoms. The van der Waals surface area contributed by atoms with Gasteiger partial charge in [-0.1, -0.05) is 29.8 Å². The molecule has 0 unspecified atom stereocenters. The maximum Gasteiger partial charge on any atom is 0.225 e. The summed E-state index contributed by atoms with van der Waals surface area (Å²) in [5.74, 6) is -0.490. The lowest BCUT2D eigenvalue weighted by Gasteiger charge is -2.14. The number of hydrogen-bond donors (Lipinski definition) is 1. The van der Waals surface area contributed by atoms with Crippen LogP contribution in [0.2, 0.25) is 0 Å². The summed E-state index contributed by atoms with van der Waals surface area (Å²) < 4.78 is 24.7. The van der Waals surface area contributed by atoms with Gasteiger partial charge in [0.2, 0.25) is 5.91 Å². The minimum atomic E-state index is -3.45. The zero-order valence-corrected chi connectivity index (χ0v) is 17.2. The number of carbonyl (C=O) groups is 1. The molecule has 1 N–H and O–H groups in total. The Morgan fingerprint density at radius 1 is 1.00 bits per heavy atom. The molecule has 0 saturated carbocycles. The number of likely N-dealkylation sites (tertiary alicyclic amines) is 1. The van der Waals surface area contributed by atoms with Crippen molar-refractivity contribution in [3.63, 3.8) is 0 Å². The molecule has 5 nitrogen and oxygen atoms in total. The molecule has 28 heavy (non-hydrogen) atoms. The SMILES string of the molecule is Cc1ccc(S(=O)(=O)CCC(=O)Nc2ccc(CCN3CCCC3)cc2)cc1. The second kappa shape index (κ2) is 9.34. The molecule has 3 rings (SSSR count). The molecule has 0 bridgehead atoms. The highest BCUT2D eigenvalue weighted by molar-refractivity contribution is 7.91. The second-order valence-corrected chi connectivity index (χ2v) is 9.53. The summed E-state index contributed by atoms with van der Waals surface area (Å²) in [6.07, 6.45) is 3.53. The van der Waals surface area contributed by atoms with Crippen LogP contribution in [0.5, 0.6) is 0 Å². The zero-order valence-electron chi connectivity index (χ0n) is 16.4. The second-order valence-electron chi connectivity index (χ2n) is 7.43. The molecular formula is C22H28N2O3S. The molecule has 1 heterocycles. The Morgan fingerprint density at radius 3 is 2.29 bits per heavy atom. The Balaban J connectivity index is 1.46. The first-order chi connectivity index (χ1) is 13.4. The highest BCUT2D eigenvalue weighted by atomic mass is 32.2. The summed E-state index contributed by atoms with van der Waals surface area (Å²) in [4.78, 5) is 14.9. The Kier molecular flexibility index (Phi) is 6.86. The lowest BCUT2D eigenvalue weighted by molar-refractivity contribution is -0.115. The molecule has 2 aromatic carbocycles. The van der Waals surface area contributed by atoms with E-state index < -0.39 is 9.84 Å². The van der Waals surface area contributed by atoms with E-state index in [1.54, 1.807) is 24.3 Å². The molecule has 1 aliphatic heterocycles.